The zero-order valence-electron chi connectivity index (χ0n) is 28.9. The van der Waals surface area contributed by atoms with Crippen LogP contribution in [0.1, 0.15) is 50.5 Å². The molecule has 5 atom stereocenters. The Labute approximate surface area is 293 Å². The molecule has 264 valence electrons. The van der Waals surface area contributed by atoms with E-state index in [9.17, 15) is 19.5 Å². The molecular formula is C40H49N5O5. The summed E-state index contributed by atoms with van der Waals surface area (Å²) in [5, 5.41) is 16.1. The van der Waals surface area contributed by atoms with Crippen LogP contribution in [0.5, 0.6) is 5.75 Å². The number of likely N-dealkylation sites (tertiary alicyclic amines) is 1. The number of fused-ring (bicyclic) bond motifs is 1. The standard InChI is InChI=1S/C40H49N5O5/c1-50-35-9-5-4-8-33(35)43-12-14-44(15-13-43)37(48)32(18-26-10-11-29-6-2-3-7-30(29)17-26)42-36(47)34-19-31(46)24-45(34)38(49)39-20-27-16-28(21-39)23-40(41,22-27)25-39/h2-11,17,27-28,31-32,34,46H,12-16,18-25,41H2,1H3,(H,42,47)/t27?,28?,31-,32?,34?,39?,40?/m1/s1. The zero-order chi connectivity index (χ0) is 34.6. The van der Waals surface area contributed by atoms with Crippen LogP contribution in [0.15, 0.2) is 66.7 Å². The Morgan fingerprint density at radius 3 is 2.34 bits per heavy atom. The van der Waals surface area contributed by atoms with Gasteiger partial charge in [0.25, 0.3) is 0 Å². The van der Waals surface area contributed by atoms with Gasteiger partial charge in [0, 0.05) is 51.1 Å². The van der Waals surface area contributed by atoms with Gasteiger partial charge in [-0.3, -0.25) is 14.4 Å². The number of carbonyl (C=O) groups is 3. The predicted molar refractivity (Wildman–Crippen MR) is 192 cm³/mol. The third-order valence-corrected chi connectivity index (χ3v) is 12.3. The average molecular weight is 680 g/mol. The molecule has 2 saturated heterocycles. The number of nitrogens with zero attached hydrogens (tertiary/aromatic N) is 3. The summed E-state index contributed by atoms with van der Waals surface area (Å²) in [7, 11) is 1.66. The summed E-state index contributed by atoms with van der Waals surface area (Å²) in [5.74, 6) is 1.11. The number of aliphatic hydroxyl groups excluding tert-OH is 1. The lowest BCUT2D eigenvalue weighted by molar-refractivity contribution is -0.162. The minimum atomic E-state index is -0.839. The van der Waals surface area contributed by atoms with E-state index in [4.69, 9.17) is 10.5 Å². The van der Waals surface area contributed by atoms with Crippen LogP contribution in [0.4, 0.5) is 5.69 Å². The highest BCUT2D eigenvalue weighted by atomic mass is 16.5. The van der Waals surface area contributed by atoms with Crippen molar-refractivity contribution in [2.75, 3.05) is 44.7 Å². The van der Waals surface area contributed by atoms with Gasteiger partial charge in [-0.2, -0.15) is 0 Å². The Kier molecular flexibility index (Phi) is 8.50. The second-order valence-electron chi connectivity index (χ2n) is 15.9. The molecule has 3 aromatic carbocycles. The number of anilines is 1. The molecule has 2 heterocycles. The first-order valence-electron chi connectivity index (χ1n) is 18.3. The Morgan fingerprint density at radius 2 is 1.62 bits per heavy atom. The van der Waals surface area contributed by atoms with Crippen molar-refractivity contribution in [3.63, 3.8) is 0 Å². The number of β-amino-alcohol motifs (C(OH)–C–C–N with tert-alkyl or cyclic N) is 1. The topological polar surface area (TPSA) is 128 Å². The highest BCUT2D eigenvalue weighted by Crippen LogP contribution is 2.61. The number of nitrogens with two attached hydrogens (primary N) is 1. The molecule has 4 aliphatic carbocycles. The maximum atomic E-state index is 14.5. The molecule has 4 saturated carbocycles. The first kappa shape index (κ1) is 33.0. The molecule has 0 spiro atoms. The molecule has 10 nitrogen and oxygen atoms in total. The molecule has 50 heavy (non-hydrogen) atoms. The van der Waals surface area contributed by atoms with Crippen LogP contribution >= 0.6 is 0 Å². The molecule has 0 radical (unpaired) electrons. The summed E-state index contributed by atoms with van der Waals surface area (Å²) < 4.78 is 5.58. The number of nitrogens with one attached hydrogen (secondary N) is 1. The number of hydrogen-bond acceptors (Lipinski definition) is 7. The number of piperazine rings is 1. The monoisotopic (exact) mass is 679 g/mol. The third-order valence-electron chi connectivity index (χ3n) is 12.3. The number of ether oxygens (including phenoxy) is 1. The van der Waals surface area contributed by atoms with Gasteiger partial charge < -0.3 is 35.6 Å². The number of hydrogen-bond donors (Lipinski definition) is 3. The van der Waals surface area contributed by atoms with Crippen LogP contribution in [-0.2, 0) is 20.8 Å². The summed E-state index contributed by atoms with van der Waals surface area (Å²) in [6.45, 7) is 2.39. The van der Waals surface area contributed by atoms with Crippen molar-refractivity contribution in [1.29, 1.82) is 0 Å². The van der Waals surface area contributed by atoms with Crippen LogP contribution in [0.3, 0.4) is 0 Å². The van der Waals surface area contributed by atoms with Crippen LogP contribution < -0.4 is 20.7 Å². The lowest BCUT2D eigenvalue weighted by Crippen LogP contribution is -2.65. The lowest BCUT2D eigenvalue weighted by Gasteiger charge is -2.60. The van der Waals surface area contributed by atoms with Gasteiger partial charge in [0.1, 0.15) is 17.8 Å². The summed E-state index contributed by atoms with van der Waals surface area (Å²) >= 11 is 0. The van der Waals surface area contributed by atoms with Crippen molar-refractivity contribution < 1.29 is 24.2 Å². The molecule has 10 heteroatoms. The van der Waals surface area contributed by atoms with E-state index in [0.29, 0.717) is 50.9 Å². The Morgan fingerprint density at radius 1 is 0.920 bits per heavy atom. The average Bonchev–Trinajstić information content (AvgIpc) is 3.51. The van der Waals surface area contributed by atoms with E-state index in [2.05, 4.69) is 22.3 Å². The molecule has 3 aromatic rings. The third kappa shape index (κ3) is 6.10. The van der Waals surface area contributed by atoms with E-state index >= 15 is 0 Å². The van der Waals surface area contributed by atoms with Gasteiger partial charge in [-0.05, 0) is 78.8 Å². The lowest BCUT2D eigenvalue weighted by atomic mass is 9.46. The zero-order valence-corrected chi connectivity index (χ0v) is 28.9. The van der Waals surface area contributed by atoms with Crippen LogP contribution in [0.2, 0.25) is 0 Å². The van der Waals surface area contributed by atoms with Crippen molar-refractivity contribution in [3.8, 4) is 5.75 Å². The summed E-state index contributed by atoms with van der Waals surface area (Å²) in [6.07, 6.45) is 5.01. The van der Waals surface area contributed by atoms with Gasteiger partial charge >= 0.3 is 0 Å². The van der Waals surface area contributed by atoms with Gasteiger partial charge in [0.05, 0.1) is 24.3 Å². The van der Waals surface area contributed by atoms with E-state index in [1.165, 1.54) is 0 Å². The number of benzene rings is 3. The number of amides is 3. The van der Waals surface area contributed by atoms with Crippen LogP contribution in [-0.4, -0.2) is 96.2 Å². The number of aliphatic hydroxyl groups is 1. The molecule has 4 bridgehead atoms. The maximum absolute atomic E-state index is 14.5. The predicted octanol–water partition coefficient (Wildman–Crippen LogP) is 3.48. The summed E-state index contributed by atoms with van der Waals surface area (Å²) in [5.41, 5.74) is 7.90. The van der Waals surface area contributed by atoms with E-state index in [0.717, 1.165) is 59.9 Å². The molecular weight excluding hydrogens is 630 g/mol. The molecule has 4 unspecified atom stereocenters. The van der Waals surface area contributed by atoms with E-state index in [-0.39, 0.29) is 36.2 Å². The Balaban J connectivity index is 1.02. The maximum Gasteiger partial charge on any atom is 0.245 e. The fourth-order valence-corrected chi connectivity index (χ4v) is 10.5. The van der Waals surface area contributed by atoms with Gasteiger partial charge in [0.15, 0.2) is 0 Å². The molecule has 6 aliphatic rings. The van der Waals surface area contributed by atoms with Gasteiger partial charge in [0.2, 0.25) is 17.7 Å². The van der Waals surface area contributed by atoms with E-state index in [1.54, 1.807) is 12.0 Å². The minimum Gasteiger partial charge on any atom is -0.495 e. The molecule has 6 fully saturated rings. The van der Waals surface area contributed by atoms with Gasteiger partial charge in [-0.1, -0.05) is 54.6 Å². The van der Waals surface area contributed by atoms with Crippen molar-refractivity contribution in [3.05, 3.63) is 72.3 Å². The number of methoxy groups -OCH3 is 1. The smallest absolute Gasteiger partial charge is 0.245 e. The van der Waals surface area contributed by atoms with Crippen LogP contribution in [0, 0.1) is 17.3 Å². The van der Waals surface area contributed by atoms with Crippen molar-refractivity contribution >= 4 is 34.2 Å². The Bertz CT molecular complexity index is 1770. The van der Waals surface area contributed by atoms with Crippen LogP contribution in [0.25, 0.3) is 10.8 Å². The fourth-order valence-electron chi connectivity index (χ4n) is 10.5. The van der Waals surface area contributed by atoms with Crippen molar-refractivity contribution in [2.24, 2.45) is 23.0 Å². The molecule has 0 aromatic heterocycles. The van der Waals surface area contributed by atoms with E-state index in [1.807, 2.05) is 59.5 Å². The molecule has 3 amide bonds. The van der Waals surface area contributed by atoms with E-state index < -0.39 is 23.6 Å². The molecule has 2 aliphatic heterocycles. The largest absolute Gasteiger partial charge is 0.495 e. The van der Waals surface area contributed by atoms with Crippen molar-refractivity contribution in [1.82, 2.24) is 15.1 Å². The SMILES string of the molecule is COc1ccccc1N1CCN(C(=O)C(Cc2ccc3ccccc3c2)NC(=O)C2C[C@@H](O)CN2C(=O)C23CC4CC(CC(N)(C4)C2)C3)CC1. The highest BCUT2D eigenvalue weighted by molar-refractivity contribution is 5.94. The second-order valence-corrected chi connectivity index (χ2v) is 15.9. The summed E-state index contributed by atoms with van der Waals surface area (Å²) in [4.78, 5) is 48.8. The minimum absolute atomic E-state index is 0.0389. The highest BCUT2D eigenvalue weighted by Gasteiger charge is 2.61. The quantitative estimate of drug-likeness (QED) is 0.333. The second kappa shape index (κ2) is 12.9. The normalized spacial score (nSPS) is 30.8. The first-order valence-corrected chi connectivity index (χ1v) is 18.3. The number of rotatable bonds is 8. The number of para-hydroxylation sites is 2. The first-order chi connectivity index (χ1) is 24.1. The summed E-state index contributed by atoms with van der Waals surface area (Å²) in [6, 6.07) is 20.4. The van der Waals surface area contributed by atoms with Crippen molar-refractivity contribution in [2.45, 2.75) is 75.1 Å². The number of carbonyl (C=O) groups excluding carboxylic acids is 3. The molecule has 9 rings (SSSR count). The Hall–Kier alpha value is -4.15. The van der Waals surface area contributed by atoms with Gasteiger partial charge in [-0.25, -0.2) is 0 Å². The van der Waals surface area contributed by atoms with Gasteiger partial charge in [-0.15, -0.1) is 0 Å². The molecule has 4 N–H and O–H groups in total. The fraction of sp³-hybridized carbons (Fsp3) is 0.525.